The van der Waals surface area contributed by atoms with Crippen LogP contribution in [-0.2, 0) is 4.74 Å². The SMILES string of the molecule is COCCCSCC(O)COc1cccc(N)c1. The monoisotopic (exact) mass is 271 g/mol. The van der Waals surface area contributed by atoms with Gasteiger partial charge in [-0.25, -0.2) is 0 Å². The second kappa shape index (κ2) is 9.08. The van der Waals surface area contributed by atoms with Gasteiger partial charge in [-0.05, 0) is 24.3 Å². The van der Waals surface area contributed by atoms with Crippen molar-refractivity contribution in [3.63, 3.8) is 0 Å². The van der Waals surface area contributed by atoms with Gasteiger partial charge in [0, 0.05) is 31.2 Å². The Labute approximate surface area is 112 Å². The maximum Gasteiger partial charge on any atom is 0.121 e. The molecule has 4 nitrogen and oxygen atoms in total. The molecule has 102 valence electrons. The minimum absolute atomic E-state index is 0.292. The van der Waals surface area contributed by atoms with E-state index in [4.69, 9.17) is 15.2 Å². The summed E-state index contributed by atoms with van der Waals surface area (Å²) in [6.07, 6.45) is 0.545. The Morgan fingerprint density at radius 2 is 2.28 bits per heavy atom. The largest absolute Gasteiger partial charge is 0.491 e. The predicted molar refractivity (Wildman–Crippen MR) is 76.2 cm³/mol. The molecule has 1 unspecified atom stereocenters. The van der Waals surface area contributed by atoms with E-state index in [1.807, 2.05) is 12.1 Å². The smallest absolute Gasteiger partial charge is 0.121 e. The Kier molecular flexibility index (Phi) is 7.64. The number of methoxy groups -OCH3 is 1. The van der Waals surface area contributed by atoms with E-state index in [0.717, 1.165) is 18.8 Å². The second-order valence-electron chi connectivity index (χ2n) is 3.96. The van der Waals surface area contributed by atoms with Crippen LogP contribution in [0.4, 0.5) is 5.69 Å². The topological polar surface area (TPSA) is 64.7 Å². The van der Waals surface area contributed by atoms with Crippen molar-refractivity contribution in [1.82, 2.24) is 0 Å². The van der Waals surface area contributed by atoms with Gasteiger partial charge in [0.05, 0.1) is 6.10 Å². The average Bonchev–Trinajstić information content (AvgIpc) is 2.36. The highest BCUT2D eigenvalue weighted by molar-refractivity contribution is 7.99. The number of hydrogen-bond donors (Lipinski definition) is 2. The molecule has 0 bridgehead atoms. The van der Waals surface area contributed by atoms with Gasteiger partial charge in [-0.2, -0.15) is 11.8 Å². The van der Waals surface area contributed by atoms with Gasteiger partial charge in [-0.1, -0.05) is 6.07 Å². The minimum atomic E-state index is -0.459. The summed E-state index contributed by atoms with van der Waals surface area (Å²) in [5.74, 6) is 2.35. The summed E-state index contributed by atoms with van der Waals surface area (Å²) in [5, 5.41) is 9.73. The fourth-order valence-electron chi connectivity index (χ4n) is 1.37. The highest BCUT2D eigenvalue weighted by Gasteiger charge is 2.05. The normalized spacial score (nSPS) is 12.3. The van der Waals surface area contributed by atoms with Gasteiger partial charge in [-0.3, -0.25) is 0 Å². The first-order valence-electron chi connectivity index (χ1n) is 5.95. The van der Waals surface area contributed by atoms with Gasteiger partial charge in [0.1, 0.15) is 12.4 Å². The maximum absolute atomic E-state index is 9.73. The molecule has 3 N–H and O–H groups in total. The highest BCUT2D eigenvalue weighted by atomic mass is 32.2. The highest BCUT2D eigenvalue weighted by Crippen LogP contribution is 2.15. The molecule has 1 aromatic carbocycles. The van der Waals surface area contributed by atoms with Crippen molar-refractivity contribution in [2.45, 2.75) is 12.5 Å². The quantitative estimate of drug-likeness (QED) is 0.529. The van der Waals surface area contributed by atoms with E-state index < -0.39 is 6.10 Å². The molecule has 18 heavy (non-hydrogen) atoms. The van der Waals surface area contributed by atoms with E-state index in [0.29, 0.717) is 23.8 Å². The third-order valence-electron chi connectivity index (χ3n) is 2.25. The van der Waals surface area contributed by atoms with Crippen LogP contribution in [0.3, 0.4) is 0 Å². The third-order valence-corrected chi connectivity index (χ3v) is 3.45. The number of hydrogen-bond acceptors (Lipinski definition) is 5. The van der Waals surface area contributed by atoms with Crippen LogP contribution in [0.1, 0.15) is 6.42 Å². The Morgan fingerprint density at radius 1 is 1.44 bits per heavy atom. The molecule has 0 aliphatic carbocycles. The van der Waals surface area contributed by atoms with Gasteiger partial charge < -0.3 is 20.3 Å². The Balaban J connectivity index is 2.11. The first kappa shape index (κ1) is 15.1. The molecule has 0 aliphatic rings. The van der Waals surface area contributed by atoms with Crippen molar-refractivity contribution in [3.8, 4) is 5.75 Å². The number of rotatable bonds is 9. The Morgan fingerprint density at radius 3 is 3.00 bits per heavy atom. The van der Waals surface area contributed by atoms with Crippen molar-refractivity contribution in [2.75, 3.05) is 37.6 Å². The molecule has 0 heterocycles. The number of anilines is 1. The van der Waals surface area contributed by atoms with E-state index in [1.54, 1.807) is 31.0 Å². The molecule has 0 aliphatic heterocycles. The van der Waals surface area contributed by atoms with Crippen LogP contribution in [0.15, 0.2) is 24.3 Å². The summed E-state index contributed by atoms with van der Waals surface area (Å²) in [5.41, 5.74) is 6.30. The number of ether oxygens (including phenoxy) is 2. The average molecular weight is 271 g/mol. The van der Waals surface area contributed by atoms with Crippen LogP contribution >= 0.6 is 11.8 Å². The van der Waals surface area contributed by atoms with Crippen LogP contribution < -0.4 is 10.5 Å². The lowest BCUT2D eigenvalue weighted by Crippen LogP contribution is -2.20. The van der Waals surface area contributed by atoms with Gasteiger partial charge in [0.15, 0.2) is 0 Å². The molecule has 0 saturated heterocycles. The van der Waals surface area contributed by atoms with Gasteiger partial charge in [0.25, 0.3) is 0 Å². The molecule has 1 aromatic rings. The fraction of sp³-hybridized carbons (Fsp3) is 0.538. The molecule has 0 saturated carbocycles. The molecule has 0 amide bonds. The lowest BCUT2D eigenvalue weighted by atomic mass is 10.3. The summed E-state index contributed by atoms with van der Waals surface area (Å²) in [6.45, 7) is 1.06. The van der Waals surface area contributed by atoms with Gasteiger partial charge in [-0.15, -0.1) is 0 Å². The molecule has 0 fully saturated rings. The third kappa shape index (κ3) is 6.74. The van der Waals surface area contributed by atoms with E-state index in [-0.39, 0.29) is 0 Å². The molecule has 0 aromatic heterocycles. The number of nitrogens with two attached hydrogens (primary N) is 1. The van der Waals surface area contributed by atoms with Crippen molar-refractivity contribution in [2.24, 2.45) is 0 Å². The molecule has 0 radical (unpaired) electrons. The molecule has 0 spiro atoms. The van der Waals surface area contributed by atoms with Crippen LogP contribution in [-0.4, -0.2) is 43.0 Å². The van der Waals surface area contributed by atoms with Crippen molar-refractivity contribution in [1.29, 1.82) is 0 Å². The fourth-order valence-corrected chi connectivity index (χ4v) is 2.23. The van der Waals surface area contributed by atoms with Crippen LogP contribution in [0.2, 0.25) is 0 Å². The number of benzene rings is 1. The van der Waals surface area contributed by atoms with E-state index in [2.05, 4.69) is 0 Å². The molecule has 1 atom stereocenters. The zero-order valence-electron chi connectivity index (χ0n) is 10.7. The predicted octanol–water partition coefficient (Wildman–Crippen LogP) is 1.78. The lowest BCUT2D eigenvalue weighted by Gasteiger charge is -2.12. The number of aliphatic hydroxyl groups is 1. The van der Waals surface area contributed by atoms with Crippen LogP contribution in [0.5, 0.6) is 5.75 Å². The Hall–Kier alpha value is -0.910. The second-order valence-corrected chi connectivity index (χ2v) is 5.11. The van der Waals surface area contributed by atoms with Crippen LogP contribution in [0.25, 0.3) is 0 Å². The van der Waals surface area contributed by atoms with Crippen molar-refractivity contribution >= 4 is 17.4 Å². The molecular weight excluding hydrogens is 250 g/mol. The molecular formula is C13H21NO3S. The standard InChI is InChI=1S/C13H21NO3S/c1-16-6-3-7-18-10-12(15)9-17-13-5-2-4-11(14)8-13/h2,4-5,8,12,15H,3,6-7,9-10,14H2,1H3. The number of thioether (sulfide) groups is 1. The summed E-state index contributed by atoms with van der Waals surface area (Å²) < 4.78 is 10.4. The van der Waals surface area contributed by atoms with Gasteiger partial charge in [0.2, 0.25) is 0 Å². The summed E-state index contributed by atoms with van der Waals surface area (Å²) in [6, 6.07) is 7.21. The Bertz CT molecular complexity index is 336. The van der Waals surface area contributed by atoms with Gasteiger partial charge >= 0.3 is 0 Å². The maximum atomic E-state index is 9.73. The number of nitrogen functional groups attached to an aromatic ring is 1. The molecule has 5 heteroatoms. The van der Waals surface area contributed by atoms with Crippen molar-refractivity contribution in [3.05, 3.63) is 24.3 Å². The zero-order valence-corrected chi connectivity index (χ0v) is 11.5. The van der Waals surface area contributed by atoms with Crippen LogP contribution in [0, 0.1) is 0 Å². The summed E-state index contributed by atoms with van der Waals surface area (Å²) in [4.78, 5) is 0. The minimum Gasteiger partial charge on any atom is -0.491 e. The van der Waals surface area contributed by atoms with E-state index >= 15 is 0 Å². The summed E-state index contributed by atoms with van der Waals surface area (Å²) in [7, 11) is 1.69. The first-order chi connectivity index (χ1) is 8.72. The summed E-state index contributed by atoms with van der Waals surface area (Å²) >= 11 is 1.70. The zero-order chi connectivity index (χ0) is 13.2. The first-order valence-corrected chi connectivity index (χ1v) is 7.11. The van der Waals surface area contributed by atoms with E-state index in [1.165, 1.54) is 0 Å². The number of aliphatic hydroxyl groups excluding tert-OH is 1. The van der Waals surface area contributed by atoms with E-state index in [9.17, 15) is 5.11 Å². The molecule has 1 rings (SSSR count). The van der Waals surface area contributed by atoms with Crippen molar-refractivity contribution < 1.29 is 14.6 Å². The lowest BCUT2D eigenvalue weighted by molar-refractivity contribution is 0.126.